The van der Waals surface area contributed by atoms with Crippen molar-refractivity contribution in [3.8, 4) is 17.3 Å². The van der Waals surface area contributed by atoms with Crippen LogP contribution in [0.1, 0.15) is 36.0 Å². The van der Waals surface area contributed by atoms with E-state index in [1.807, 2.05) is 29.3 Å². The van der Waals surface area contributed by atoms with Crippen LogP contribution in [0.25, 0.3) is 33.6 Å². The Hall–Kier alpha value is -4.56. The Labute approximate surface area is 284 Å². The van der Waals surface area contributed by atoms with Gasteiger partial charge >= 0.3 is 0 Å². The lowest BCUT2D eigenvalue weighted by molar-refractivity contribution is 0.0700. The molecule has 1 amide bonds. The second kappa shape index (κ2) is 11.2. The third-order valence-electron chi connectivity index (χ3n) is 10.9. The van der Waals surface area contributed by atoms with E-state index < -0.39 is 9.84 Å². The van der Waals surface area contributed by atoms with E-state index in [1.54, 1.807) is 13.2 Å². The van der Waals surface area contributed by atoms with Gasteiger partial charge in [-0.2, -0.15) is 0 Å². The first-order chi connectivity index (χ1) is 23.7. The molecule has 4 aliphatic rings. The predicted molar refractivity (Wildman–Crippen MR) is 184 cm³/mol. The fourth-order valence-electron chi connectivity index (χ4n) is 8.16. The smallest absolute Gasteiger partial charge is 0.254 e. The lowest BCUT2D eigenvalue weighted by Crippen LogP contribution is -2.49. The van der Waals surface area contributed by atoms with Crippen molar-refractivity contribution in [2.45, 2.75) is 56.0 Å². The van der Waals surface area contributed by atoms with Gasteiger partial charge in [-0.25, -0.2) is 28.4 Å². The largest absolute Gasteiger partial charge is 0.494 e. The number of anilines is 1. The fourth-order valence-corrected chi connectivity index (χ4v) is 8.67. The topological polar surface area (TPSA) is 154 Å². The molecule has 2 aliphatic heterocycles. The highest BCUT2D eigenvalue weighted by atomic mass is 32.2. The number of pyridine rings is 1. The number of sulfone groups is 1. The van der Waals surface area contributed by atoms with Gasteiger partial charge in [-0.1, -0.05) is 0 Å². The van der Waals surface area contributed by atoms with Crippen molar-refractivity contribution >= 4 is 43.6 Å². The first-order valence-electron chi connectivity index (χ1n) is 17.0. The summed E-state index contributed by atoms with van der Waals surface area (Å²) in [6.07, 6.45) is 8.86. The van der Waals surface area contributed by atoms with Crippen molar-refractivity contribution in [2.24, 2.45) is 23.5 Å². The average Bonchev–Trinajstić information content (AvgIpc) is 3.43. The van der Waals surface area contributed by atoms with E-state index >= 15 is 0 Å². The Morgan fingerprint density at radius 3 is 2.49 bits per heavy atom. The second-order valence-electron chi connectivity index (χ2n) is 14.3. The van der Waals surface area contributed by atoms with Gasteiger partial charge in [-0.3, -0.25) is 4.79 Å². The van der Waals surface area contributed by atoms with Gasteiger partial charge in [0.15, 0.2) is 5.82 Å². The summed E-state index contributed by atoms with van der Waals surface area (Å²) in [5, 5.41) is 0.882. The maximum absolute atomic E-state index is 14.0. The zero-order chi connectivity index (χ0) is 33.6. The summed E-state index contributed by atoms with van der Waals surface area (Å²) in [7, 11) is -1.88. The summed E-state index contributed by atoms with van der Waals surface area (Å²) >= 11 is 0. The van der Waals surface area contributed by atoms with Crippen LogP contribution >= 0.6 is 0 Å². The first-order valence-corrected chi connectivity index (χ1v) is 18.9. The number of hydrogen-bond acceptors (Lipinski definition) is 10. The molecule has 2 N–H and O–H groups in total. The van der Waals surface area contributed by atoms with Gasteiger partial charge in [0.25, 0.3) is 5.91 Å². The summed E-state index contributed by atoms with van der Waals surface area (Å²) in [6, 6.07) is 11.8. The number of rotatable bonds is 9. The predicted octanol–water partition coefficient (Wildman–Crippen LogP) is 3.36. The van der Waals surface area contributed by atoms with Crippen molar-refractivity contribution in [3.05, 3.63) is 54.4 Å². The number of piperidine rings is 1. The molecule has 3 atom stereocenters. The highest BCUT2D eigenvalue weighted by Crippen LogP contribution is 2.41. The Kier molecular flexibility index (Phi) is 6.99. The Balaban J connectivity index is 1.12. The van der Waals surface area contributed by atoms with E-state index in [-0.39, 0.29) is 29.1 Å². The zero-order valence-corrected chi connectivity index (χ0v) is 28.4. The number of ether oxygens (including phenoxy) is 1. The molecule has 1 aromatic carbocycles. The van der Waals surface area contributed by atoms with Crippen LogP contribution in [0.2, 0.25) is 0 Å². The Bertz CT molecular complexity index is 2240. The highest BCUT2D eigenvalue weighted by molar-refractivity contribution is 7.90. The Morgan fingerprint density at radius 1 is 0.959 bits per heavy atom. The number of amides is 1. The molecule has 2 unspecified atom stereocenters. The zero-order valence-electron chi connectivity index (χ0n) is 27.6. The van der Waals surface area contributed by atoms with Crippen LogP contribution in [0.4, 0.5) is 5.82 Å². The monoisotopic (exact) mass is 681 g/mol. The molecule has 2 saturated heterocycles. The van der Waals surface area contributed by atoms with Crippen LogP contribution < -0.4 is 15.4 Å². The summed E-state index contributed by atoms with van der Waals surface area (Å²) in [5.41, 5.74) is 10.5. The third kappa shape index (κ3) is 5.14. The SMILES string of the molecule is COc1cc(C(=O)N2CC3CCC2[C@@H]3N)cc2nc(-c3cc4cccnc4n3CC3CC3)n(CC3CN(c4ccnc(S(C)(=O)=O)n4)C3)c12. The minimum atomic E-state index is -3.52. The van der Waals surface area contributed by atoms with Gasteiger partial charge < -0.3 is 29.4 Å². The minimum Gasteiger partial charge on any atom is -0.494 e. The first kappa shape index (κ1) is 30.5. The van der Waals surface area contributed by atoms with E-state index in [4.69, 9.17) is 20.4 Å². The average molecular weight is 682 g/mol. The van der Waals surface area contributed by atoms with Crippen LogP contribution in [-0.4, -0.2) is 93.4 Å². The number of carbonyl (C=O) groups excluding carboxylic acids is 1. The van der Waals surface area contributed by atoms with E-state index in [9.17, 15) is 13.2 Å². The fraction of sp³-hybridized carbons (Fsp3) is 0.457. The summed E-state index contributed by atoms with van der Waals surface area (Å²) in [6.45, 7) is 3.56. The van der Waals surface area contributed by atoms with Gasteiger partial charge in [-0.05, 0) is 73.9 Å². The number of aromatic nitrogens is 6. The molecule has 6 heterocycles. The molecule has 4 aromatic heterocycles. The summed E-state index contributed by atoms with van der Waals surface area (Å²) in [5.74, 6) is 3.15. The van der Waals surface area contributed by atoms with Crippen LogP contribution in [-0.2, 0) is 22.9 Å². The number of nitrogens with zero attached hydrogens (tertiary/aromatic N) is 8. The highest BCUT2D eigenvalue weighted by Gasteiger charge is 2.47. The third-order valence-corrected chi connectivity index (χ3v) is 11.7. The molecule has 13 nitrogen and oxygen atoms in total. The van der Waals surface area contributed by atoms with E-state index in [1.165, 1.54) is 19.0 Å². The Morgan fingerprint density at radius 2 is 1.78 bits per heavy atom. The van der Waals surface area contributed by atoms with Gasteiger partial charge in [0.1, 0.15) is 22.7 Å². The molecule has 49 heavy (non-hydrogen) atoms. The van der Waals surface area contributed by atoms with Crippen LogP contribution in [0.3, 0.4) is 0 Å². The van der Waals surface area contributed by atoms with Crippen LogP contribution in [0.5, 0.6) is 5.75 Å². The normalized spacial score (nSPS) is 22.4. The molecule has 2 bridgehead atoms. The summed E-state index contributed by atoms with van der Waals surface area (Å²) < 4.78 is 34.8. The standard InChI is InChI=1S/C35H39N9O4S/c1-48-28-14-24(34(45)43-19-23-7-8-26(43)30(23)36)12-25-31(28)44(18-21-15-41(16-21)29-9-11-38-35(40-29)49(2,46)47)33(39-25)27-13-22-4-3-10-37-32(22)42(27)17-20-5-6-20/h3-4,9-14,20-21,23,26,30H,5-8,15-19,36H2,1-2H3/t23?,26?,30-/m1/s1. The number of hydrogen-bond donors (Lipinski definition) is 1. The van der Waals surface area contributed by atoms with E-state index in [0.29, 0.717) is 60.7 Å². The van der Waals surface area contributed by atoms with E-state index in [0.717, 1.165) is 53.7 Å². The molecule has 4 fully saturated rings. The number of methoxy groups -OCH3 is 1. The molecule has 0 spiro atoms. The number of likely N-dealkylation sites (tertiary alicyclic amines) is 1. The maximum atomic E-state index is 14.0. The second-order valence-corrected chi connectivity index (χ2v) is 16.2. The molecule has 5 aromatic rings. The molecular formula is C35H39N9O4S. The van der Waals surface area contributed by atoms with Crippen molar-refractivity contribution in [3.63, 3.8) is 0 Å². The number of carbonyl (C=O) groups is 1. The molecule has 2 saturated carbocycles. The van der Waals surface area contributed by atoms with Crippen molar-refractivity contribution in [2.75, 3.05) is 37.9 Å². The molecule has 9 rings (SSSR count). The van der Waals surface area contributed by atoms with Gasteiger partial charge in [0.05, 0.1) is 18.3 Å². The van der Waals surface area contributed by atoms with Crippen molar-refractivity contribution in [1.29, 1.82) is 0 Å². The maximum Gasteiger partial charge on any atom is 0.254 e. The van der Waals surface area contributed by atoms with Gasteiger partial charge in [0.2, 0.25) is 15.0 Å². The van der Waals surface area contributed by atoms with Crippen molar-refractivity contribution < 1.29 is 17.9 Å². The van der Waals surface area contributed by atoms with Gasteiger partial charge in [-0.15, -0.1) is 0 Å². The summed E-state index contributed by atoms with van der Waals surface area (Å²) in [4.78, 5) is 36.3. The van der Waals surface area contributed by atoms with Crippen LogP contribution in [0.15, 0.2) is 53.9 Å². The molecular weight excluding hydrogens is 643 g/mol. The van der Waals surface area contributed by atoms with Gasteiger partial charge in [0, 0.05) is 80.3 Å². The number of imidazole rings is 1. The molecule has 0 radical (unpaired) electrons. The number of benzene rings is 1. The minimum absolute atomic E-state index is 0.0288. The van der Waals surface area contributed by atoms with E-state index in [2.05, 4.69) is 36.1 Å². The number of fused-ring (bicyclic) bond motifs is 4. The molecule has 14 heteroatoms. The van der Waals surface area contributed by atoms with Crippen molar-refractivity contribution in [1.82, 2.24) is 34.0 Å². The molecule has 254 valence electrons. The lowest BCUT2D eigenvalue weighted by atomic mass is 10.00. The number of nitrogens with two attached hydrogens (primary N) is 1. The van der Waals surface area contributed by atoms with Crippen LogP contribution in [0, 0.1) is 17.8 Å². The lowest BCUT2D eigenvalue weighted by Gasteiger charge is -2.40. The quantitative estimate of drug-likeness (QED) is 0.229. The molecule has 2 aliphatic carbocycles.